The summed E-state index contributed by atoms with van der Waals surface area (Å²) >= 11 is 0. The molecule has 0 atom stereocenters. The van der Waals surface area contributed by atoms with Crippen LogP contribution in [-0.4, -0.2) is 45.8 Å². The van der Waals surface area contributed by atoms with Gasteiger partial charge in [0, 0.05) is 12.7 Å². The largest absolute Gasteiger partial charge is 0.465 e. The Morgan fingerprint density at radius 2 is 2.50 bits per heavy atom. The molecule has 0 radical (unpaired) electrons. The highest BCUT2D eigenvalue weighted by Gasteiger charge is 2.03. The minimum atomic E-state index is -0.287. The molecule has 7 nitrogen and oxygen atoms in total. The standard InChI is InChI=1S/C9H16N4O3/c1-2-16-9(15)6-10-5-8-7-13(3-4-14)12-11-8/h7,10,14H,2-6H2,1H3. The number of esters is 1. The molecule has 2 N–H and O–H groups in total. The van der Waals surface area contributed by atoms with Crippen LogP contribution in [0.25, 0.3) is 0 Å². The van der Waals surface area contributed by atoms with Gasteiger partial charge in [0.2, 0.25) is 0 Å². The maximum Gasteiger partial charge on any atom is 0.319 e. The fourth-order valence-corrected chi connectivity index (χ4v) is 1.14. The van der Waals surface area contributed by atoms with E-state index in [2.05, 4.69) is 15.6 Å². The molecule has 16 heavy (non-hydrogen) atoms. The zero-order valence-corrected chi connectivity index (χ0v) is 9.22. The van der Waals surface area contributed by atoms with E-state index in [1.165, 1.54) is 0 Å². The number of hydrogen-bond donors (Lipinski definition) is 2. The molecule has 90 valence electrons. The molecule has 0 amide bonds. The van der Waals surface area contributed by atoms with E-state index in [0.29, 0.717) is 19.7 Å². The van der Waals surface area contributed by atoms with Crippen molar-refractivity contribution in [2.75, 3.05) is 19.8 Å². The lowest BCUT2D eigenvalue weighted by atomic mass is 10.4. The number of aromatic nitrogens is 3. The molecular weight excluding hydrogens is 212 g/mol. The fourth-order valence-electron chi connectivity index (χ4n) is 1.14. The number of hydrogen-bond acceptors (Lipinski definition) is 6. The van der Waals surface area contributed by atoms with Crippen molar-refractivity contribution in [2.24, 2.45) is 0 Å². The maximum atomic E-state index is 11.0. The Balaban J connectivity index is 2.23. The van der Waals surface area contributed by atoms with Crippen molar-refractivity contribution in [3.05, 3.63) is 11.9 Å². The van der Waals surface area contributed by atoms with Gasteiger partial charge in [0.25, 0.3) is 0 Å². The van der Waals surface area contributed by atoms with Crippen molar-refractivity contribution >= 4 is 5.97 Å². The molecule has 0 aliphatic rings. The number of carbonyl (C=O) groups is 1. The number of rotatable bonds is 7. The quantitative estimate of drug-likeness (QED) is 0.577. The molecule has 0 unspecified atom stereocenters. The molecule has 0 bridgehead atoms. The topological polar surface area (TPSA) is 89.3 Å². The molecule has 1 heterocycles. The van der Waals surface area contributed by atoms with Crippen molar-refractivity contribution in [3.8, 4) is 0 Å². The van der Waals surface area contributed by atoms with Gasteiger partial charge in [-0.05, 0) is 6.92 Å². The lowest BCUT2D eigenvalue weighted by molar-refractivity contribution is -0.142. The molecule has 0 fully saturated rings. The van der Waals surface area contributed by atoms with Gasteiger partial charge in [-0.3, -0.25) is 4.79 Å². The molecule has 0 saturated carbocycles. The smallest absolute Gasteiger partial charge is 0.319 e. The van der Waals surface area contributed by atoms with Crippen LogP contribution >= 0.6 is 0 Å². The minimum absolute atomic E-state index is 0.0268. The van der Waals surface area contributed by atoms with Gasteiger partial charge >= 0.3 is 5.97 Å². The van der Waals surface area contributed by atoms with E-state index in [4.69, 9.17) is 9.84 Å². The summed E-state index contributed by atoms with van der Waals surface area (Å²) in [6, 6.07) is 0. The first-order valence-corrected chi connectivity index (χ1v) is 5.12. The van der Waals surface area contributed by atoms with Gasteiger partial charge < -0.3 is 15.2 Å². The zero-order valence-electron chi connectivity index (χ0n) is 9.22. The van der Waals surface area contributed by atoms with Crippen LogP contribution in [0.4, 0.5) is 0 Å². The van der Waals surface area contributed by atoms with Crippen LogP contribution in [-0.2, 0) is 22.6 Å². The molecule has 0 aromatic carbocycles. The molecule has 7 heteroatoms. The lowest BCUT2D eigenvalue weighted by Gasteiger charge is -2.01. The van der Waals surface area contributed by atoms with Crippen LogP contribution in [0.3, 0.4) is 0 Å². The van der Waals surface area contributed by atoms with Crippen LogP contribution in [0, 0.1) is 0 Å². The van der Waals surface area contributed by atoms with E-state index in [1.807, 2.05) is 0 Å². The summed E-state index contributed by atoms with van der Waals surface area (Å²) in [5.74, 6) is -0.287. The second-order valence-corrected chi connectivity index (χ2v) is 3.11. The summed E-state index contributed by atoms with van der Waals surface area (Å²) in [5.41, 5.74) is 0.720. The third-order valence-corrected chi connectivity index (χ3v) is 1.80. The predicted molar refractivity (Wildman–Crippen MR) is 55.4 cm³/mol. The Labute approximate surface area is 93.4 Å². The number of nitrogens with zero attached hydrogens (tertiary/aromatic N) is 3. The fraction of sp³-hybridized carbons (Fsp3) is 0.667. The van der Waals surface area contributed by atoms with Crippen molar-refractivity contribution in [3.63, 3.8) is 0 Å². The van der Waals surface area contributed by atoms with Crippen LogP contribution in [0.1, 0.15) is 12.6 Å². The molecule has 0 saturated heterocycles. The Bertz CT molecular complexity index is 326. The monoisotopic (exact) mass is 228 g/mol. The van der Waals surface area contributed by atoms with Gasteiger partial charge in [0.1, 0.15) is 0 Å². The van der Waals surface area contributed by atoms with E-state index in [9.17, 15) is 4.79 Å². The second kappa shape index (κ2) is 6.91. The van der Waals surface area contributed by atoms with Crippen LogP contribution < -0.4 is 5.32 Å². The van der Waals surface area contributed by atoms with Gasteiger partial charge in [-0.15, -0.1) is 5.10 Å². The number of ether oxygens (including phenoxy) is 1. The van der Waals surface area contributed by atoms with E-state index in [1.54, 1.807) is 17.8 Å². The SMILES string of the molecule is CCOC(=O)CNCc1cn(CCO)nn1. The highest BCUT2D eigenvalue weighted by atomic mass is 16.5. The normalized spacial score (nSPS) is 10.4. The molecule has 1 aromatic heterocycles. The highest BCUT2D eigenvalue weighted by Crippen LogP contribution is 1.92. The van der Waals surface area contributed by atoms with Gasteiger partial charge in [0.15, 0.2) is 0 Å². The van der Waals surface area contributed by atoms with Crippen LogP contribution in [0.15, 0.2) is 6.20 Å². The Morgan fingerprint density at radius 3 is 3.19 bits per heavy atom. The van der Waals surface area contributed by atoms with Gasteiger partial charge in [0.05, 0.1) is 32.0 Å². The maximum absolute atomic E-state index is 11.0. The predicted octanol–water partition coefficient (Wildman–Crippen LogP) is -1.08. The summed E-state index contributed by atoms with van der Waals surface area (Å²) in [6.45, 7) is 3.19. The third kappa shape index (κ3) is 4.37. The molecule has 0 spiro atoms. The number of aliphatic hydroxyl groups excluding tert-OH is 1. The summed E-state index contributed by atoms with van der Waals surface area (Å²) in [5, 5.41) is 19.2. The minimum Gasteiger partial charge on any atom is -0.465 e. The number of nitrogens with one attached hydrogen (secondary N) is 1. The molecule has 0 aliphatic carbocycles. The van der Waals surface area contributed by atoms with E-state index in [0.717, 1.165) is 5.69 Å². The van der Waals surface area contributed by atoms with Crippen LogP contribution in [0.5, 0.6) is 0 Å². The van der Waals surface area contributed by atoms with Crippen molar-refractivity contribution in [2.45, 2.75) is 20.0 Å². The average Bonchev–Trinajstić information content (AvgIpc) is 2.67. The number of aliphatic hydroxyl groups is 1. The Hall–Kier alpha value is -1.47. The van der Waals surface area contributed by atoms with Crippen molar-refractivity contribution in [1.29, 1.82) is 0 Å². The van der Waals surface area contributed by atoms with Crippen molar-refractivity contribution < 1.29 is 14.6 Å². The molecular formula is C9H16N4O3. The van der Waals surface area contributed by atoms with E-state index < -0.39 is 0 Å². The molecule has 1 rings (SSSR count). The Morgan fingerprint density at radius 1 is 1.69 bits per heavy atom. The molecule has 1 aromatic rings. The first-order valence-electron chi connectivity index (χ1n) is 5.12. The van der Waals surface area contributed by atoms with Gasteiger partial charge in [-0.1, -0.05) is 5.21 Å². The zero-order chi connectivity index (χ0) is 11.8. The summed E-state index contributed by atoms with van der Waals surface area (Å²) < 4.78 is 6.29. The summed E-state index contributed by atoms with van der Waals surface area (Å²) in [6.07, 6.45) is 1.72. The average molecular weight is 228 g/mol. The highest BCUT2D eigenvalue weighted by molar-refractivity contribution is 5.71. The number of carbonyl (C=O) groups excluding carboxylic acids is 1. The van der Waals surface area contributed by atoms with E-state index >= 15 is 0 Å². The molecule has 0 aliphatic heterocycles. The third-order valence-electron chi connectivity index (χ3n) is 1.80. The van der Waals surface area contributed by atoms with Gasteiger partial charge in [-0.25, -0.2) is 4.68 Å². The van der Waals surface area contributed by atoms with E-state index in [-0.39, 0.29) is 19.1 Å². The van der Waals surface area contributed by atoms with Crippen LogP contribution in [0.2, 0.25) is 0 Å². The Kier molecular flexibility index (Phi) is 5.44. The van der Waals surface area contributed by atoms with Crippen molar-refractivity contribution in [1.82, 2.24) is 20.3 Å². The first-order chi connectivity index (χ1) is 7.76. The first kappa shape index (κ1) is 12.6. The summed E-state index contributed by atoms with van der Waals surface area (Å²) in [7, 11) is 0. The summed E-state index contributed by atoms with van der Waals surface area (Å²) in [4.78, 5) is 11.0. The lowest BCUT2D eigenvalue weighted by Crippen LogP contribution is -2.24. The second-order valence-electron chi connectivity index (χ2n) is 3.11. The van der Waals surface area contributed by atoms with Gasteiger partial charge in [-0.2, -0.15) is 0 Å².